The average molecular weight is 544 g/mol. The minimum atomic E-state index is -1.19. The number of ether oxygens (including phenoxy) is 2. The Morgan fingerprint density at radius 3 is 2.69 bits per heavy atom. The normalized spacial score (nSPS) is 41.3. The van der Waals surface area contributed by atoms with E-state index in [1.54, 1.807) is 6.08 Å². The molecule has 1 aliphatic heterocycles. The van der Waals surface area contributed by atoms with Gasteiger partial charge < -0.3 is 29.4 Å². The number of benzene rings is 1. The van der Waals surface area contributed by atoms with E-state index in [1.807, 2.05) is 27.7 Å². The zero-order chi connectivity index (χ0) is 28.5. The summed E-state index contributed by atoms with van der Waals surface area (Å²) in [6.45, 7) is 11.3. The van der Waals surface area contributed by atoms with Gasteiger partial charge in [-0.2, -0.15) is 0 Å². The van der Waals surface area contributed by atoms with Crippen LogP contribution in [0.15, 0.2) is 24.8 Å². The lowest BCUT2D eigenvalue weighted by molar-refractivity contribution is -0.207. The molecular weight excluding hydrogens is 506 g/mol. The first-order valence-corrected chi connectivity index (χ1v) is 13.8. The number of fused-ring (bicyclic) bond motifs is 1. The smallest absolute Gasteiger partial charge is 0.479 e. The summed E-state index contributed by atoms with van der Waals surface area (Å²) in [4.78, 5) is 26.8. The van der Waals surface area contributed by atoms with Crippen LogP contribution in [0.5, 0.6) is 5.75 Å². The molecule has 0 radical (unpaired) electrons. The van der Waals surface area contributed by atoms with Crippen molar-refractivity contribution in [3.05, 3.63) is 36.2 Å². The number of ketones is 1. The van der Waals surface area contributed by atoms with Crippen LogP contribution in [0.1, 0.15) is 58.9 Å². The monoisotopic (exact) mass is 544 g/mol. The molecule has 2 bridgehead atoms. The SMILES string of the molecule is C=C[C@]1(C)C[C@@H](OC(=O)COc2cc3c(cc2F)COB3O)[C@@]2(C)[C@@H]3C(=O)[C@@H](O)C[C@@]3(CC[C@@H]2C)[C@@H](C)[C@@H]1O. The van der Waals surface area contributed by atoms with Gasteiger partial charge in [-0.05, 0) is 66.1 Å². The summed E-state index contributed by atoms with van der Waals surface area (Å²) >= 11 is 0. The molecule has 5 rings (SSSR count). The number of Topliss-reactive ketones (excluding diaryl/α,β-unsaturated/α-hetero) is 1. The second-order valence-electron chi connectivity index (χ2n) is 12.7. The molecule has 4 aliphatic rings. The molecule has 3 saturated carbocycles. The Hall–Kier alpha value is -2.27. The van der Waals surface area contributed by atoms with Crippen LogP contribution in [0, 0.1) is 39.8 Å². The van der Waals surface area contributed by atoms with Gasteiger partial charge in [-0.3, -0.25) is 4.79 Å². The summed E-state index contributed by atoms with van der Waals surface area (Å²) in [5.74, 6) is -2.82. The molecule has 1 heterocycles. The number of aliphatic hydroxyl groups excluding tert-OH is 2. The second-order valence-corrected chi connectivity index (χ2v) is 12.7. The molecule has 3 aliphatic carbocycles. The van der Waals surface area contributed by atoms with Crippen molar-refractivity contribution in [1.82, 2.24) is 0 Å². The van der Waals surface area contributed by atoms with Crippen LogP contribution >= 0.6 is 0 Å². The van der Waals surface area contributed by atoms with Crippen molar-refractivity contribution in [3.63, 3.8) is 0 Å². The summed E-state index contributed by atoms with van der Waals surface area (Å²) in [5, 5.41) is 32.3. The fourth-order valence-electron chi connectivity index (χ4n) is 8.15. The third-order valence-corrected chi connectivity index (χ3v) is 10.8. The highest BCUT2D eigenvalue weighted by atomic mass is 19.1. The molecule has 0 spiro atoms. The number of carbonyl (C=O) groups is 2. The molecule has 0 aromatic heterocycles. The van der Waals surface area contributed by atoms with Gasteiger partial charge in [0.2, 0.25) is 0 Å². The summed E-state index contributed by atoms with van der Waals surface area (Å²) in [7, 11) is -1.19. The molecule has 1 aromatic rings. The third kappa shape index (κ3) is 4.17. The summed E-state index contributed by atoms with van der Waals surface area (Å²) in [5.41, 5.74) is -1.41. The van der Waals surface area contributed by atoms with E-state index >= 15 is 0 Å². The van der Waals surface area contributed by atoms with Crippen molar-refractivity contribution in [2.75, 3.05) is 6.61 Å². The fourth-order valence-corrected chi connectivity index (χ4v) is 8.15. The Morgan fingerprint density at radius 1 is 1.28 bits per heavy atom. The first-order chi connectivity index (χ1) is 18.3. The second kappa shape index (κ2) is 9.68. The Balaban J connectivity index is 1.46. The molecule has 0 unspecified atom stereocenters. The standard InChI is InChI=1S/C29H38BFO8/c1-6-27(4)12-22(39-23(33)14-37-21-10-18-17(9-19(21)31)13-38-30(18)36)28(5)15(2)7-8-29(16(3)26(27)35)11-20(32)24(34)25(28)29/h6,9-10,15-16,20,22,25-26,32,35-36H,1,7-8,11-14H2,2-5H3/t15-,16-,20-,22+,25-,26-,27+,28-,29-/m0/s1. The maximum absolute atomic E-state index is 14.6. The highest BCUT2D eigenvalue weighted by molar-refractivity contribution is 6.61. The van der Waals surface area contributed by atoms with Crippen LogP contribution in [0.2, 0.25) is 0 Å². The van der Waals surface area contributed by atoms with Crippen LogP contribution in [-0.2, 0) is 25.6 Å². The van der Waals surface area contributed by atoms with Gasteiger partial charge in [-0.1, -0.05) is 33.8 Å². The van der Waals surface area contributed by atoms with E-state index in [9.17, 15) is 29.2 Å². The highest BCUT2D eigenvalue weighted by Crippen LogP contribution is 2.68. The van der Waals surface area contributed by atoms with E-state index in [1.165, 1.54) is 12.1 Å². The predicted molar refractivity (Wildman–Crippen MR) is 140 cm³/mol. The minimum absolute atomic E-state index is 0.0178. The lowest BCUT2D eigenvalue weighted by Crippen LogP contribution is -2.63. The number of halogens is 1. The maximum atomic E-state index is 14.6. The number of carbonyl (C=O) groups excluding carboxylic acids is 2. The summed E-state index contributed by atoms with van der Waals surface area (Å²) < 4.78 is 31.3. The van der Waals surface area contributed by atoms with Crippen LogP contribution in [-0.4, -0.2) is 59.0 Å². The Morgan fingerprint density at radius 2 is 2.00 bits per heavy atom. The molecule has 3 N–H and O–H groups in total. The van der Waals surface area contributed by atoms with Gasteiger partial charge in [0.15, 0.2) is 24.0 Å². The quantitative estimate of drug-likeness (QED) is 0.293. The average Bonchev–Trinajstić information content (AvgIpc) is 3.39. The van der Waals surface area contributed by atoms with Crippen molar-refractivity contribution < 1.29 is 43.3 Å². The van der Waals surface area contributed by atoms with E-state index in [0.29, 0.717) is 17.4 Å². The molecule has 39 heavy (non-hydrogen) atoms. The maximum Gasteiger partial charge on any atom is 0.491 e. The van der Waals surface area contributed by atoms with Gasteiger partial charge in [-0.25, -0.2) is 9.18 Å². The molecule has 10 heteroatoms. The number of aliphatic hydroxyl groups is 2. The molecule has 212 valence electrons. The Labute approximate surface area is 228 Å². The van der Waals surface area contributed by atoms with Crippen molar-refractivity contribution in [2.45, 2.75) is 78.3 Å². The topological polar surface area (TPSA) is 123 Å². The fraction of sp³-hybridized carbons (Fsp3) is 0.655. The van der Waals surface area contributed by atoms with Crippen molar-refractivity contribution in [1.29, 1.82) is 0 Å². The van der Waals surface area contributed by atoms with Crippen molar-refractivity contribution >= 4 is 24.3 Å². The van der Waals surface area contributed by atoms with Crippen LogP contribution in [0.3, 0.4) is 0 Å². The Kier molecular flexibility index (Phi) is 7.02. The van der Waals surface area contributed by atoms with E-state index in [0.717, 1.165) is 6.42 Å². The van der Waals surface area contributed by atoms with Crippen LogP contribution in [0.25, 0.3) is 0 Å². The van der Waals surface area contributed by atoms with Gasteiger partial charge in [-0.15, -0.1) is 6.58 Å². The van der Waals surface area contributed by atoms with E-state index in [2.05, 4.69) is 6.58 Å². The van der Waals surface area contributed by atoms with Crippen LogP contribution in [0.4, 0.5) is 4.39 Å². The Bertz CT molecular complexity index is 1190. The first kappa shape index (κ1) is 28.3. The van der Waals surface area contributed by atoms with E-state index < -0.39 is 66.0 Å². The van der Waals surface area contributed by atoms with Gasteiger partial charge in [0, 0.05) is 16.7 Å². The molecule has 9 atom stereocenters. The van der Waals surface area contributed by atoms with Gasteiger partial charge in [0.1, 0.15) is 12.2 Å². The summed E-state index contributed by atoms with van der Waals surface area (Å²) in [6.07, 6.45) is 0.802. The zero-order valence-electron chi connectivity index (χ0n) is 23.0. The molecule has 0 saturated heterocycles. The number of rotatable bonds is 5. The first-order valence-electron chi connectivity index (χ1n) is 13.8. The lowest BCUT2D eigenvalue weighted by atomic mass is 9.44. The van der Waals surface area contributed by atoms with Gasteiger partial charge in [0.05, 0.1) is 12.7 Å². The van der Waals surface area contributed by atoms with E-state index in [-0.39, 0.29) is 42.8 Å². The number of hydrogen-bond donors (Lipinski definition) is 3. The predicted octanol–water partition coefficient (Wildman–Crippen LogP) is 2.30. The molecule has 8 nitrogen and oxygen atoms in total. The number of esters is 1. The van der Waals surface area contributed by atoms with Gasteiger partial charge >= 0.3 is 13.1 Å². The van der Waals surface area contributed by atoms with Crippen molar-refractivity contribution in [3.8, 4) is 5.75 Å². The summed E-state index contributed by atoms with van der Waals surface area (Å²) in [6, 6.07) is 2.52. The highest BCUT2D eigenvalue weighted by Gasteiger charge is 2.70. The van der Waals surface area contributed by atoms with E-state index in [4.69, 9.17) is 14.1 Å². The van der Waals surface area contributed by atoms with Gasteiger partial charge in [0.25, 0.3) is 0 Å². The molecule has 3 fully saturated rings. The van der Waals surface area contributed by atoms with Crippen LogP contribution < -0.4 is 10.2 Å². The number of hydrogen-bond acceptors (Lipinski definition) is 8. The largest absolute Gasteiger partial charge is 0.491 e. The molecule has 1 aromatic carbocycles. The lowest BCUT2D eigenvalue weighted by Gasteiger charge is -2.61. The third-order valence-electron chi connectivity index (χ3n) is 10.8. The zero-order valence-corrected chi connectivity index (χ0v) is 23.0. The molecular formula is C29H38BFO8. The minimum Gasteiger partial charge on any atom is -0.479 e. The van der Waals surface area contributed by atoms with Crippen molar-refractivity contribution in [2.24, 2.45) is 34.0 Å². The molecule has 0 amide bonds.